The number of anilines is 1. The molecule has 0 unspecified atom stereocenters. The van der Waals surface area contributed by atoms with Crippen LogP contribution in [0.5, 0.6) is 0 Å². The Labute approximate surface area is 258 Å². The van der Waals surface area contributed by atoms with Crippen molar-refractivity contribution in [1.29, 1.82) is 0 Å². The third-order valence-corrected chi connectivity index (χ3v) is 9.93. The molecule has 1 N–H and O–H groups in total. The number of aliphatic hydroxyl groups is 1. The third kappa shape index (κ3) is 5.63. The molecular weight excluding hydrogens is 629 g/mol. The second-order valence-electron chi connectivity index (χ2n) is 9.99. The fourth-order valence-corrected chi connectivity index (χ4v) is 7.59. The average molecular weight is 657 g/mol. The first-order chi connectivity index (χ1) is 21.4. The van der Waals surface area contributed by atoms with Gasteiger partial charge >= 0.3 is 247 Å². The van der Waals surface area contributed by atoms with Crippen LogP contribution in [0.15, 0.2) is 104 Å². The molecule has 0 aliphatic carbocycles. The molecule has 12 heteroatoms. The van der Waals surface area contributed by atoms with Gasteiger partial charge in [0.25, 0.3) is 0 Å². The zero-order chi connectivity index (χ0) is 30.7. The number of carbonyl (C=O) groups is 3. The van der Waals surface area contributed by atoms with E-state index in [2.05, 4.69) is 15.0 Å². The second kappa shape index (κ2) is 12.5. The van der Waals surface area contributed by atoms with Gasteiger partial charge in [-0.25, -0.2) is 0 Å². The Balaban J connectivity index is 1.41. The number of ether oxygens (including phenoxy) is 2. The number of hydrogen-bond acceptors (Lipinski definition) is 9. The predicted molar refractivity (Wildman–Crippen MR) is 161 cm³/mol. The van der Waals surface area contributed by atoms with Gasteiger partial charge < -0.3 is 0 Å². The van der Waals surface area contributed by atoms with Crippen molar-refractivity contribution in [1.82, 2.24) is 19.5 Å². The summed E-state index contributed by atoms with van der Waals surface area (Å²) < 4.78 is 13.6. The van der Waals surface area contributed by atoms with Crippen molar-refractivity contribution in [2.24, 2.45) is 0 Å². The van der Waals surface area contributed by atoms with Crippen molar-refractivity contribution in [2.75, 3.05) is 11.5 Å². The number of amides is 2. The van der Waals surface area contributed by atoms with E-state index in [1.54, 1.807) is 65.2 Å². The standard InChI is InChI=1S/C32H27N5O6Se/c1-21(39)42-25-17-26(43-32(25,18-38)44-24-15-9-4-10-16-24)36-20-35-27-28(36)33-19-34-29(27)37(30(40)22-11-5-2-6-12-22)31(41)23-13-7-3-8-14-23/h2-16,19-20,25-26,38H,17-18H2,1H3/t25-,26+,32-/m0/s1. The fourth-order valence-electron chi connectivity index (χ4n) is 5.09. The SMILES string of the molecule is CC(=O)O[C@H]1C[C@H](n2cnc3c(N(C(=O)c4ccccc4)C(=O)c4ccccc4)ncnc32)O[C@@]1(CO)[Se]c1ccccc1. The summed E-state index contributed by atoms with van der Waals surface area (Å²) in [4.78, 5) is 54.0. The van der Waals surface area contributed by atoms with Gasteiger partial charge in [-0.15, -0.1) is 0 Å². The molecule has 0 bridgehead atoms. The molecule has 1 fully saturated rings. The van der Waals surface area contributed by atoms with Gasteiger partial charge in [-0.3, -0.25) is 0 Å². The number of aliphatic hydroxyl groups excluding tert-OH is 1. The summed E-state index contributed by atoms with van der Waals surface area (Å²) in [5.41, 5.74) is 1.09. The summed E-state index contributed by atoms with van der Waals surface area (Å²) >= 11 is -0.435. The van der Waals surface area contributed by atoms with Gasteiger partial charge in [0.15, 0.2) is 0 Å². The van der Waals surface area contributed by atoms with Gasteiger partial charge in [-0.05, 0) is 0 Å². The summed E-state index contributed by atoms with van der Waals surface area (Å²) in [6.07, 6.45) is 1.48. The van der Waals surface area contributed by atoms with E-state index in [0.717, 1.165) is 9.36 Å². The van der Waals surface area contributed by atoms with Crippen LogP contribution < -0.4 is 9.36 Å². The maximum absolute atomic E-state index is 13.8. The number of rotatable bonds is 8. The number of nitrogens with zero attached hydrogens (tertiary/aromatic N) is 5. The molecule has 3 atom stereocenters. The van der Waals surface area contributed by atoms with E-state index in [4.69, 9.17) is 9.47 Å². The summed E-state index contributed by atoms with van der Waals surface area (Å²) in [5.74, 6) is -1.64. The van der Waals surface area contributed by atoms with Crippen molar-refractivity contribution in [2.45, 2.75) is 30.2 Å². The van der Waals surface area contributed by atoms with E-state index in [-0.39, 0.29) is 24.4 Å². The van der Waals surface area contributed by atoms with Crippen molar-refractivity contribution in [3.63, 3.8) is 0 Å². The first-order valence-electron chi connectivity index (χ1n) is 13.8. The van der Waals surface area contributed by atoms with E-state index in [1.807, 2.05) is 30.3 Å². The molecule has 44 heavy (non-hydrogen) atoms. The number of imide groups is 1. The van der Waals surface area contributed by atoms with Crippen LogP contribution in [-0.4, -0.2) is 74.6 Å². The molecule has 3 aromatic carbocycles. The van der Waals surface area contributed by atoms with Crippen LogP contribution in [0.3, 0.4) is 0 Å². The molecule has 11 nitrogen and oxygen atoms in total. The van der Waals surface area contributed by atoms with Crippen LogP contribution in [0, 0.1) is 0 Å². The molecule has 5 aromatic rings. The van der Waals surface area contributed by atoms with E-state index in [0.29, 0.717) is 16.8 Å². The molecule has 1 aliphatic rings. The molecule has 0 radical (unpaired) electrons. The van der Waals surface area contributed by atoms with Gasteiger partial charge in [-0.1, -0.05) is 12.1 Å². The van der Waals surface area contributed by atoms with Gasteiger partial charge in [0.05, 0.1) is 0 Å². The average Bonchev–Trinajstić information content (AvgIpc) is 3.64. The Bertz CT molecular complexity index is 1750. The monoisotopic (exact) mass is 657 g/mol. The van der Waals surface area contributed by atoms with Crippen molar-refractivity contribution in [3.05, 3.63) is 115 Å². The van der Waals surface area contributed by atoms with Crippen LogP contribution in [0.25, 0.3) is 11.2 Å². The van der Waals surface area contributed by atoms with E-state index in [9.17, 15) is 19.5 Å². The van der Waals surface area contributed by atoms with Crippen molar-refractivity contribution < 1.29 is 29.0 Å². The van der Waals surface area contributed by atoms with E-state index in [1.165, 1.54) is 19.6 Å². The number of imidazole rings is 1. The van der Waals surface area contributed by atoms with Crippen LogP contribution in [0.1, 0.15) is 40.3 Å². The topological polar surface area (TPSA) is 137 Å². The molecule has 2 amide bonds. The van der Waals surface area contributed by atoms with Gasteiger partial charge in [0, 0.05) is 0 Å². The Hall–Kier alpha value is -4.74. The fraction of sp³-hybridized carbons (Fsp3) is 0.188. The summed E-state index contributed by atoms with van der Waals surface area (Å²) in [6.45, 7) is 0.938. The van der Waals surface area contributed by atoms with Crippen molar-refractivity contribution in [3.8, 4) is 0 Å². The number of benzene rings is 3. The number of hydrogen-bond donors (Lipinski definition) is 1. The maximum atomic E-state index is 13.8. The van der Waals surface area contributed by atoms with E-state index >= 15 is 0 Å². The number of aromatic nitrogens is 4. The number of esters is 1. The molecule has 222 valence electrons. The Kier molecular flexibility index (Phi) is 8.32. The zero-order valence-corrected chi connectivity index (χ0v) is 25.2. The minimum atomic E-state index is -1.17. The van der Waals surface area contributed by atoms with Crippen LogP contribution in [0.4, 0.5) is 5.82 Å². The molecule has 0 spiro atoms. The predicted octanol–water partition coefficient (Wildman–Crippen LogP) is 2.88. The van der Waals surface area contributed by atoms with Crippen LogP contribution in [0.2, 0.25) is 0 Å². The number of carbonyl (C=O) groups excluding carboxylic acids is 3. The second-order valence-corrected chi connectivity index (χ2v) is 12.9. The normalized spacial score (nSPS) is 19.5. The Morgan fingerprint density at radius 2 is 1.52 bits per heavy atom. The molecule has 1 saturated heterocycles. The molecule has 2 aromatic heterocycles. The van der Waals surface area contributed by atoms with Gasteiger partial charge in [0.1, 0.15) is 0 Å². The zero-order valence-electron chi connectivity index (χ0n) is 23.5. The molecule has 0 saturated carbocycles. The Morgan fingerprint density at radius 3 is 2.09 bits per heavy atom. The first-order valence-corrected chi connectivity index (χ1v) is 15.5. The first kappa shape index (κ1) is 29.3. The molecule has 3 heterocycles. The summed E-state index contributed by atoms with van der Waals surface area (Å²) in [7, 11) is 0. The summed E-state index contributed by atoms with van der Waals surface area (Å²) in [6, 6.07) is 26.5. The molecule has 6 rings (SSSR count). The summed E-state index contributed by atoms with van der Waals surface area (Å²) in [5, 5.41) is 10.6. The van der Waals surface area contributed by atoms with Crippen molar-refractivity contribution >= 4 is 54.2 Å². The van der Waals surface area contributed by atoms with E-state index < -0.39 is 49.6 Å². The van der Waals surface area contributed by atoms with Crippen LogP contribution >= 0.6 is 0 Å². The van der Waals surface area contributed by atoms with Crippen LogP contribution in [-0.2, 0) is 14.3 Å². The minimum absolute atomic E-state index is 0.00733. The van der Waals surface area contributed by atoms with Gasteiger partial charge in [-0.2, -0.15) is 0 Å². The number of fused-ring (bicyclic) bond motifs is 1. The molecule has 1 aliphatic heterocycles. The Morgan fingerprint density at radius 1 is 0.932 bits per heavy atom. The quantitative estimate of drug-likeness (QED) is 0.152. The molecular formula is C32H27N5O6Se. The van der Waals surface area contributed by atoms with Gasteiger partial charge in [0.2, 0.25) is 0 Å². The third-order valence-electron chi connectivity index (χ3n) is 7.11.